The van der Waals surface area contributed by atoms with E-state index in [2.05, 4.69) is 40.4 Å². The van der Waals surface area contributed by atoms with Crippen molar-refractivity contribution in [3.8, 4) is 0 Å². The molecular weight excluding hydrogens is 276 g/mol. The Morgan fingerprint density at radius 2 is 2.09 bits per heavy atom. The molecule has 3 rings (SSSR count). The minimum atomic E-state index is -0.0863. The average Bonchev–Trinajstić information content (AvgIpc) is 3.30. The normalized spacial score (nSPS) is 14.3. The molecule has 1 aromatic heterocycles. The first-order chi connectivity index (χ1) is 10.7. The summed E-state index contributed by atoms with van der Waals surface area (Å²) in [4.78, 5) is 16.3. The molecule has 5 nitrogen and oxygen atoms in total. The number of imidazole rings is 1. The van der Waals surface area contributed by atoms with Crippen LogP contribution in [0.2, 0.25) is 0 Å². The molecule has 0 saturated heterocycles. The Morgan fingerprint density at radius 3 is 2.82 bits per heavy atom. The van der Waals surface area contributed by atoms with Crippen LogP contribution in [-0.2, 0) is 13.5 Å². The summed E-state index contributed by atoms with van der Waals surface area (Å²) in [5.41, 5.74) is 3.47. The third kappa shape index (κ3) is 3.24. The molecule has 2 amide bonds. The molecule has 118 valence electrons. The SMILES string of the molecule is CCCNC(=O)NCCc1ccc2c(c1)nc(C1CC1)n2C. The smallest absolute Gasteiger partial charge is 0.314 e. The van der Waals surface area contributed by atoms with Crippen molar-refractivity contribution in [2.75, 3.05) is 13.1 Å². The number of rotatable bonds is 6. The van der Waals surface area contributed by atoms with Gasteiger partial charge in [0.15, 0.2) is 0 Å². The molecule has 1 fully saturated rings. The first-order valence-corrected chi connectivity index (χ1v) is 8.16. The maximum atomic E-state index is 11.5. The fourth-order valence-corrected chi connectivity index (χ4v) is 2.75. The molecule has 22 heavy (non-hydrogen) atoms. The minimum Gasteiger partial charge on any atom is -0.338 e. The highest BCUT2D eigenvalue weighted by Gasteiger charge is 2.28. The van der Waals surface area contributed by atoms with Crippen molar-refractivity contribution in [3.63, 3.8) is 0 Å². The number of aromatic nitrogens is 2. The van der Waals surface area contributed by atoms with Crippen LogP contribution in [-0.4, -0.2) is 28.7 Å². The Kier molecular flexibility index (Phi) is 4.32. The molecule has 0 atom stereocenters. The average molecular weight is 300 g/mol. The van der Waals surface area contributed by atoms with Crippen molar-refractivity contribution in [1.82, 2.24) is 20.2 Å². The first kappa shape index (κ1) is 14.9. The lowest BCUT2D eigenvalue weighted by molar-refractivity contribution is 0.241. The summed E-state index contributed by atoms with van der Waals surface area (Å²) in [7, 11) is 2.10. The van der Waals surface area contributed by atoms with Gasteiger partial charge in [-0.3, -0.25) is 0 Å². The zero-order chi connectivity index (χ0) is 15.5. The van der Waals surface area contributed by atoms with E-state index in [-0.39, 0.29) is 6.03 Å². The Balaban J connectivity index is 1.61. The summed E-state index contributed by atoms with van der Waals surface area (Å²) in [5.74, 6) is 1.87. The van der Waals surface area contributed by atoms with Crippen molar-refractivity contribution in [1.29, 1.82) is 0 Å². The molecule has 1 heterocycles. The number of fused-ring (bicyclic) bond motifs is 1. The number of hydrogen-bond acceptors (Lipinski definition) is 2. The van der Waals surface area contributed by atoms with Crippen LogP contribution in [0.1, 0.15) is 43.5 Å². The predicted molar refractivity (Wildman–Crippen MR) is 88.1 cm³/mol. The van der Waals surface area contributed by atoms with E-state index < -0.39 is 0 Å². The quantitative estimate of drug-likeness (QED) is 0.861. The fraction of sp³-hybridized carbons (Fsp3) is 0.529. The summed E-state index contributed by atoms with van der Waals surface area (Å²) < 4.78 is 2.22. The summed E-state index contributed by atoms with van der Waals surface area (Å²) in [5, 5.41) is 5.70. The van der Waals surface area contributed by atoms with Crippen LogP contribution in [0.3, 0.4) is 0 Å². The van der Waals surface area contributed by atoms with Gasteiger partial charge in [0, 0.05) is 26.1 Å². The summed E-state index contributed by atoms with van der Waals surface area (Å²) in [6, 6.07) is 6.33. The largest absolute Gasteiger partial charge is 0.338 e. The molecule has 1 aromatic carbocycles. The summed E-state index contributed by atoms with van der Waals surface area (Å²) in [6.45, 7) is 3.40. The topological polar surface area (TPSA) is 59.0 Å². The second-order valence-electron chi connectivity index (χ2n) is 6.06. The summed E-state index contributed by atoms with van der Waals surface area (Å²) >= 11 is 0. The van der Waals surface area contributed by atoms with E-state index in [4.69, 9.17) is 4.98 Å². The molecule has 2 N–H and O–H groups in total. The van der Waals surface area contributed by atoms with E-state index in [0.29, 0.717) is 12.5 Å². The van der Waals surface area contributed by atoms with E-state index in [9.17, 15) is 4.79 Å². The van der Waals surface area contributed by atoms with Gasteiger partial charge in [0.1, 0.15) is 5.82 Å². The lowest BCUT2D eigenvalue weighted by atomic mass is 10.1. The van der Waals surface area contributed by atoms with Gasteiger partial charge in [0.05, 0.1) is 11.0 Å². The highest BCUT2D eigenvalue weighted by atomic mass is 16.2. The maximum Gasteiger partial charge on any atom is 0.314 e. The van der Waals surface area contributed by atoms with Crippen LogP contribution < -0.4 is 10.6 Å². The van der Waals surface area contributed by atoms with Crippen LogP contribution in [0.25, 0.3) is 11.0 Å². The van der Waals surface area contributed by atoms with E-state index in [0.717, 1.165) is 24.9 Å². The third-order valence-corrected chi connectivity index (χ3v) is 4.16. The van der Waals surface area contributed by atoms with Crippen molar-refractivity contribution < 1.29 is 4.79 Å². The van der Waals surface area contributed by atoms with Gasteiger partial charge in [-0.1, -0.05) is 13.0 Å². The number of nitrogens with one attached hydrogen (secondary N) is 2. The molecule has 1 aliphatic rings. The van der Waals surface area contributed by atoms with Gasteiger partial charge in [-0.2, -0.15) is 0 Å². The molecule has 5 heteroatoms. The molecule has 0 aliphatic heterocycles. The van der Waals surface area contributed by atoms with Crippen LogP contribution in [0.15, 0.2) is 18.2 Å². The maximum absolute atomic E-state index is 11.5. The third-order valence-electron chi connectivity index (χ3n) is 4.16. The Bertz CT molecular complexity index is 673. The highest BCUT2D eigenvalue weighted by molar-refractivity contribution is 5.77. The lowest BCUT2D eigenvalue weighted by Crippen LogP contribution is -2.36. The molecule has 1 aliphatic carbocycles. The highest BCUT2D eigenvalue weighted by Crippen LogP contribution is 2.40. The fourth-order valence-electron chi connectivity index (χ4n) is 2.75. The monoisotopic (exact) mass is 300 g/mol. The standard InChI is InChI=1S/C17H24N4O/c1-3-9-18-17(22)19-10-8-12-4-7-15-14(11-12)20-16(21(15)2)13-5-6-13/h4,7,11,13H,3,5-6,8-10H2,1-2H3,(H2,18,19,22). The number of urea groups is 1. The van der Waals surface area contributed by atoms with Gasteiger partial charge < -0.3 is 15.2 Å². The van der Waals surface area contributed by atoms with Crippen LogP contribution in [0, 0.1) is 0 Å². The van der Waals surface area contributed by atoms with Crippen molar-refractivity contribution in [3.05, 3.63) is 29.6 Å². The van der Waals surface area contributed by atoms with E-state index in [1.165, 1.54) is 29.7 Å². The second-order valence-corrected chi connectivity index (χ2v) is 6.06. The van der Waals surface area contributed by atoms with Crippen molar-refractivity contribution in [2.24, 2.45) is 7.05 Å². The lowest BCUT2D eigenvalue weighted by Gasteiger charge is -2.06. The Hall–Kier alpha value is -2.04. The predicted octanol–water partition coefficient (Wildman–Crippen LogP) is 2.70. The van der Waals surface area contributed by atoms with Crippen LogP contribution >= 0.6 is 0 Å². The van der Waals surface area contributed by atoms with E-state index in [1.807, 2.05) is 6.92 Å². The molecular formula is C17H24N4O. The second kappa shape index (κ2) is 6.38. The van der Waals surface area contributed by atoms with Gasteiger partial charge in [-0.15, -0.1) is 0 Å². The number of hydrogen-bond donors (Lipinski definition) is 2. The number of benzene rings is 1. The van der Waals surface area contributed by atoms with Gasteiger partial charge in [-0.05, 0) is 43.4 Å². The van der Waals surface area contributed by atoms with Gasteiger partial charge >= 0.3 is 6.03 Å². The number of aryl methyl sites for hydroxylation is 1. The Labute approximate surface area is 131 Å². The number of nitrogens with zero attached hydrogens (tertiary/aromatic N) is 2. The molecule has 1 saturated carbocycles. The zero-order valence-electron chi connectivity index (χ0n) is 13.4. The van der Waals surface area contributed by atoms with Crippen molar-refractivity contribution in [2.45, 2.75) is 38.5 Å². The van der Waals surface area contributed by atoms with E-state index in [1.54, 1.807) is 0 Å². The number of carbonyl (C=O) groups is 1. The van der Waals surface area contributed by atoms with E-state index >= 15 is 0 Å². The first-order valence-electron chi connectivity index (χ1n) is 8.16. The zero-order valence-corrected chi connectivity index (χ0v) is 13.4. The minimum absolute atomic E-state index is 0.0863. The van der Waals surface area contributed by atoms with Crippen LogP contribution in [0.4, 0.5) is 4.79 Å². The number of carbonyl (C=O) groups excluding carboxylic acids is 1. The molecule has 2 aromatic rings. The molecule has 0 radical (unpaired) electrons. The van der Waals surface area contributed by atoms with Crippen molar-refractivity contribution >= 4 is 17.1 Å². The molecule has 0 spiro atoms. The molecule has 0 bridgehead atoms. The number of amides is 2. The van der Waals surface area contributed by atoms with Crippen LogP contribution in [0.5, 0.6) is 0 Å². The van der Waals surface area contributed by atoms with Gasteiger partial charge in [0.2, 0.25) is 0 Å². The summed E-state index contributed by atoms with van der Waals surface area (Å²) in [6.07, 6.45) is 4.31. The van der Waals surface area contributed by atoms with Gasteiger partial charge in [0.25, 0.3) is 0 Å². The van der Waals surface area contributed by atoms with Gasteiger partial charge in [-0.25, -0.2) is 9.78 Å². The Morgan fingerprint density at radius 1 is 1.32 bits per heavy atom. The molecule has 0 unspecified atom stereocenters.